The molecule has 3 heterocycles. The summed E-state index contributed by atoms with van der Waals surface area (Å²) in [6, 6.07) is 0. The van der Waals surface area contributed by atoms with E-state index >= 15 is 0 Å². The van der Waals surface area contributed by atoms with E-state index in [9.17, 15) is 42.7 Å². The topological polar surface area (TPSA) is 330 Å². The Balaban J connectivity index is 2.01. The number of amides is 1. The van der Waals surface area contributed by atoms with Crippen molar-refractivity contribution in [1.82, 2.24) is 19.5 Å². The van der Waals surface area contributed by atoms with E-state index in [1.54, 1.807) is 13.8 Å². The summed E-state index contributed by atoms with van der Waals surface area (Å²) in [5, 5.41) is 13.2. The average Bonchev–Trinajstić information content (AvgIpc) is 3.30. The fraction of sp³-hybridized carbons (Fsp3) is 0.625. The van der Waals surface area contributed by atoms with Crippen LogP contribution in [0.5, 0.6) is 0 Å². The number of fused-ring (bicyclic) bond motifs is 1. The zero-order valence-electron chi connectivity index (χ0n) is 21.0. The zero-order chi connectivity index (χ0) is 31.1. The molecule has 9 N–H and O–H groups in total. The molecule has 0 aromatic carbocycles. The van der Waals surface area contributed by atoms with Crippen molar-refractivity contribution in [2.24, 2.45) is 5.92 Å². The van der Waals surface area contributed by atoms with Crippen LogP contribution >= 0.6 is 30.4 Å². The number of aliphatic hydroxyl groups is 1. The van der Waals surface area contributed by atoms with Crippen LogP contribution in [0.1, 0.15) is 20.1 Å². The molecule has 232 valence electrons. The second-order valence-electron chi connectivity index (χ2n) is 9.19. The van der Waals surface area contributed by atoms with E-state index in [4.69, 9.17) is 28.8 Å². The molecule has 1 aliphatic rings. The van der Waals surface area contributed by atoms with Gasteiger partial charge in [0.15, 0.2) is 29.2 Å². The van der Waals surface area contributed by atoms with E-state index in [0.717, 1.165) is 10.9 Å². The van der Waals surface area contributed by atoms with Gasteiger partial charge in [-0.25, -0.2) is 4.98 Å². The Kier molecular flexibility index (Phi) is 10.0. The summed E-state index contributed by atoms with van der Waals surface area (Å²) in [4.78, 5) is 90.9. The molecule has 2 aromatic rings. The first-order valence-electron chi connectivity index (χ1n) is 11.2. The predicted molar refractivity (Wildman–Crippen MR) is 136 cm³/mol. The molecule has 6 atom stereocenters. The van der Waals surface area contributed by atoms with Crippen molar-refractivity contribution < 1.29 is 71.3 Å². The molecule has 25 heteroatoms. The van der Waals surface area contributed by atoms with E-state index in [1.807, 2.05) is 0 Å². The van der Waals surface area contributed by atoms with E-state index in [-0.39, 0.29) is 17.1 Å². The third-order valence-corrected chi connectivity index (χ3v) is 12.2. The van der Waals surface area contributed by atoms with Crippen LogP contribution in [0, 0.1) is 5.92 Å². The minimum absolute atomic E-state index is 0.322. The minimum atomic E-state index is -5.19. The molecule has 0 bridgehead atoms. The summed E-state index contributed by atoms with van der Waals surface area (Å²) in [5.74, 6) is -4.64. The lowest BCUT2D eigenvalue weighted by Crippen LogP contribution is -2.35. The van der Waals surface area contributed by atoms with Gasteiger partial charge >= 0.3 is 30.4 Å². The molecule has 6 unspecified atom stereocenters. The predicted octanol–water partition coefficient (Wildman–Crippen LogP) is -0.985. The molecular weight excluding hydrogens is 642 g/mol. The number of nitrogens with zero attached hydrogens (tertiary/aromatic N) is 3. The number of ether oxygens (including phenoxy) is 1. The van der Waals surface area contributed by atoms with Crippen LogP contribution in [-0.4, -0.2) is 96.6 Å². The fourth-order valence-corrected chi connectivity index (χ4v) is 8.85. The lowest BCUT2D eigenvalue weighted by molar-refractivity contribution is -0.118. The number of aromatic nitrogens is 4. The van der Waals surface area contributed by atoms with E-state index in [0.29, 0.717) is 0 Å². The largest absolute Gasteiger partial charge is 0.387 e. The Morgan fingerprint density at radius 1 is 1.10 bits per heavy atom. The highest BCUT2D eigenvalue weighted by Crippen LogP contribution is 2.58. The van der Waals surface area contributed by atoms with Gasteiger partial charge in [-0.15, -0.1) is 0 Å². The van der Waals surface area contributed by atoms with Crippen LogP contribution in [-0.2, 0) is 36.8 Å². The smallest absolute Gasteiger partial charge is 0.340 e. The Morgan fingerprint density at radius 3 is 2.24 bits per heavy atom. The number of carbonyl (C=O) groups is 1. The van der Waals surface area contributed by atoms with Gasteiger partial charge in [-0.2, -0.15) is 4.98 Å². The van der Waals surface area contributed by atoms with Gasteiger partial charge < -0.3 is 43.7 Å². The Labute approximate surface area is 229 Å². The van der Waals surface area contributed by atoms with Gasteiger partial charge in [-0.3, -0.25) is 47.2 Å². The number of hydrogen-bond acceptors (Lipinski definition) is 12. The van der Waals surface area contributed by atoms with Crippen molar-refractivity contribution in [3.63, 3.8) is 0 Å². The summed E-state index contributed by atoms with van der Waals surface area (Å²) in [6.45, 7) is 2.09. The van der Waals surface area contributed by atoms with Crippen LogP contribution in [0.2, 0.25) is 0 Å². The summed E-state index contributed by atoms with van der Waals surface area (Å²) < 4.78 is 63.1. The van der Waals surface area contributed by atoms with E-state index < -0.39 is 90.7 Å². The molecule has 21 nitrogen and oxygen atoms in total. The Morgan fingerprint density at radius 2 is 1.68 bits per heavy atom. The zero-order valence-corrected chi connectivity index (χ0v) is 24.6. The Hall–Kier alpha value is -1.66. The highest BCUT2D eigenvalue weighted by Gasteiger charge is 2.50. The molecule has 41 heavy (non-hydrogen) atoms. The molecular formula is C16H27N5O16P4. The van der Waals surface area contributed by atoms with E-state index in [1.165, 1.54) is 0 Å². The number of anilines is 1. The molecule has 1 saturated heterocycles. The molecule has 0 aliphatic carbocycles. The van der Waals surface area contributed by atoms with Crippen molar-refractivity contribution in [2.75, 3.05) is 23.7 Å². The van der Waals surface area contributed by atoms with Crippen LogP contribution < -0.4 is 10.9 Å². The minimum Gasteiger partial charge on any atom is -0.387 e. The maximum atomic E-state index is 12.5. The van der Waals surface area contributed by atoms with Crippen molar-refractivity contribution in [2.45, 2.75) is 38.4 Å². The van der Waals surface area contributed by atoms with Gasteiger partial charge in [-0.1, -0.05) is 13.8 Å². The monoisotopic (exact) mass is 669 g/mol. The lowest BCUT2D eigenvalue weighted by atomic mass is 10.1. The highest BCUT2D eigenvalue weighted by atomic mass is 31.2. The maximum absolute atomic E-state index is 12.5. The number of aromatic amines is 1. The van der Waals surface area contributed by atoms with Crippen LogP contribution in [0.15, 0.2) is 11.1 Å². The molecule has 1 aliphatic heterocycles. The van der Waals surface area contributed by atoms with Crippen molar-refractivity contribution in [3.05, 3.63) is 16.7 Å². The molecule has 0 saturated carbocycles. The first-order valence-corrected chi connectivity index (χ1v) is 18.4. The van der Waals surface area contributed by atoms with Gasteiger partial charge in [0.1, 0.15) is 18.3 Å². The van der Waals surface area contributed by atoms with Gasteiger partial charge in [0.2, 0.25) is 11.9 Å². The van der Waals surface area contributed by atoms with Gasteiger partial charge in [0.25, 0.3) is 5.56 Å². The summed E-state index contributed by atoms with van der Waals surface area (Å²) >= 11 is 0. The number of nitrogens with one attached hydrogen (secondary N) is 2. The van der Waals surface area contributed by atoms with Gasteiger partial charge in [0, 0.05) is 5.92 Å². The third-order valence-electron chi connectivity index (χ3n) is 5.24. The SMILES string of the molecule is CC(C)C(=O)Nc1nc2c(ncn2C2OC(COP(=O)(O)CP(=O)(O)O)C(O)C2OP(=O)(O)CP(=O)(O)O)c(=O)[nH]1. The maximum Gasteiger partial charge on any atom is 0.340 e. The molecule has 2 aromatic heterocycles. The molecule has 0 spiro atoms. The number of imidazole rings is 1. The van der Waals surface area contributed by atoms with E-state index in [2.05, 4.69) is 24.8 Å². The number of hydrogen-bond donors (Lipinski definition) is 9. The van der Waals surface area contributed by atoms with Crippen molar-refractivity contribution in [3.8, 4) is 0 Å². The molecule has 1 amide bonds. The molecule has 0 radical (unpaired) electrons. The van der Waals surface area contributed by atoms with Crippen LogP contribution in [0.4, 0.5) is 5.95 Å². The summed E-state index contributed by atoms with van der Waals surface area (Å²) in [7, 11) is -20.3. The lowest BCUT2D eigenvalue weighted by Gasteiger charge is -2.24. The van der Waals surface area contributed by atoms with Gasteiger partial charge in [0.05, 0.1) is 12.9 Å². The highest BCUT2D eigenvalue weighted by molar-refractivity contribution is 7.70. The number of aliphatic hydroxyl groups excluding tert-OH is 1. The van der Waals surface area contributed by atoms with Crippen molar-refractivity contribution >= 4 is 53.4 Å². The molecule has 1 fully saturated rings. The standard InChI is InChI=1S/C16H27N5O16P4/c1-7(2)13(23)19-16-18-12-9(14(24)20-16)17-4-21(12)15-11(37-41(33,34)6-39(28,29)30)10(22)8(36-15)3-35-40(31,32)5-38(25,26)27/h4,7-8,10-11,15,22H,3,5-6H2,1-2H3,(H,31,32)(H,33,34)(H2,25,26,27)(H2,28,29,30)(H2,18,19,20,23,24). The van der Waals surface area contributed by atoms with Crippen molar-refractivity contribution in [1.29, 1.82) is 0 Å². The third kappa shape index (κ3) is 9.16. The summed E-state index contributed by atoms with van der Waals surface area (Å²) in [6.07, 6.45) is -6.57. The Bertz CT molecular complexity index is 1550. The first-order chi connectivity index (χ1) is 18.6. The number of H-pyrrole nitrogens is 1. The second-order valence-corrected chi connectivity index (χ2v) is 17.1. The number of carbonyl (C=O) groups excluding carboxylic acids is 1. The normalized spacial score (nSPS) is 24.8. The second kappa shape index (κ2) is 12.1. The first kappa shape index (κ1) is 33.8. The fourth-order valence-electron chi connectivity index (χ4n) is 3.55. The van der Waals surface area contributed by atoms with Gasteiger partial charge in [-0.05, 0) is 0 Å². The van der Waals surface area contributed by atoms with Crippen LogP contribution in [0.25, 0.3) is 11.2 Å². The molecule has 3 rings (SSSR count). The summed E-state index contributed by atoms with van der Waals surface area (Å²) in [5.41, 5.74) is -1.51. The average molecular weight is 669 g/mol. The quantitative estimate of drug-likeness (QED) is 0.123. The van der Waals surface area contributed by atoms with Crippen LogP contribution in [0.3, 0.4) is 0 Å². The number of rotatable bonds is 12.